The lowest BCUT2D eigenvalue weighted by Gasteiger charge is -2.31. The fraction of sp³-hybridized carbons (Fsp3) is 0.312. The minimum Gasteiger partial charge on any atom is -0.369 e. The molecule has 3 nitrogen and oxygen atoms in total. The van der Waals surface area contributed by atoms with Gasteiger partial charge in [-0.1, -0.05) is 30.3 Å². The van der Waals surface area contributed by atoms with Gasteiger partial charge in [0.15, 0.2) is 0 Å². The van der Waals surface area contributed by atoms with Crippen molar-refractivity contribution in [3.8, 4) is 0 Å². The van der Waals surface area contributed by atoms with Crippen LogP contribution >= 0.6 is 11.3 Å². The summed E-state index contributed by atoms with van der Waals surface area (Å²) in [6.07, 6.45) is 0.909. The summed E-state index contributed by atoms with van der Waals surface area (Å²) in [4.78, 5) is 11.6. The number of carbonyl (C=O) groups is 1. The molecular weight excluding hydrogens is 270 g/mol. The van der Waals surface area contributed by atoms with Gasteiger partial charge in [0.05, 0.1) is 12.6 Å². The standard InChI is InChI=1S/C16H17NO2S/c18-16-10-19-9-15(17-16)14(13-6-7-20-11-13)8-12-4-2-1-3-5-12/h1-7,11,14-15H,8-10H2,(H,17,18). The smallest absolute Gasteiger partial charge is 0.246 e. The van der Waals surface area contributed by atoms with E-state index >= 15 is 0 Å². The van der Waals surface area contributed by atoms with Crippen LogP contribution < -0.4 is 5.32 Å². The van der Waals surface area contributed by atoms with Crippen molar-refractivity contribution in [2.24, 2.45) is 0 Å². The van der Waals surface area contributed by atoms with Gasteiger partial charge < -0.3 is 10.1 Å². The third-order valence-corrected chi connectivity index (χ3v) is 4.33. The molecule has 1 aromatic heterocycles. The van der Waals surface area contributed by atoms with Gasteiger partial charge in [-0.2, -0.15) is 11.3 Å². The van der Waals surface area contributed by atoms with Crippen molar-refractivity contribution in [3.63, 3.8) is 0 Å². The number of carbonyl (C=O) groups excluding carboxylic acids is 1. The topological polar surface area (TPSA) is 38.3 Å². The number of benzene rings is 1. The Morgan fingerprint density at radius 2 is 2.15 bits per heavy atom. The van der Waals surface area contributed by atoms with Gasteiger partial charge in [-0.25, -0.2) is 0 Å². The lowest BCUT2D eigenvalue weighted by Crippen LogP contribution is -2.49. The molecule has 1 fully saturated rings. The van der Waals surface area contributed by atoms with E-state index in [-0.39, 0.29) is 24.5 Å². The molecule has 2 unspecified atom stereocenters. The Hall–Kier alpha value is -1.65. The Balaban J connectivity index is 1.82. The number of ether oxygens (including phenoxy) is 1. The van der Waals surface area contributed by atoms with E-state index in [9.17, 15) is 4.79 Å². The highest BCUT2D eigenvalue weighted by Crippen LogP contribution is 2.27. The van der Waals surface area contributed by atoms with Crippen LogP contribution in [0.2, 0.25) is 0 Å². The van der Waals surface area contributed by atoms with Crippen molar-refractivity contribution in [2.45, 2.75) is 18.4 Å². The van der Waals surface area contributed by atoms with Gasteiger partial charge in [0, 0.05) is 5.92 Å². The van der Waals surface area contributed by atoms with Crippen LogP contribution in [0.3, 0.4) is 0 Å². The monoisotopic (exact) mass is 287 g/mol. The van der Waals surface area contributed by atoms with Crippen molar-refractivity contribution < 1.29 is 9.53 Å². The van der Waals surface area contributed by atoms with Crippen LogP contribution in [0, 0.1) is 0 Å². The molecule has 1 amide bonds. The van der Waals surface area contributed by atoms with E-state index in [1.165, 1.54) is 11.1 Å². The maximum Gasteiger partial charge on any atom is 0.246 e. The molecule has 1 N–H and O–H groups in total. The van der Waals surface area contributed by atoms with Crippen molar-refractivity contribution in [1.29, 1.82) is 0 Å². The van der Waals surface area contributed by atoms with E-state index in [1.54, 1.807) is 11.3 Å². The average molecular weight is 287 g/mol. The molecule has 2 aromatic rings. The molecule has 2 heterocycles. The van der Waals surface area contributed by atoms with E-state index < -0.39 is 0 Å². The first-order valence-corrected chi connectivity index (χ1v) is 7.70. The van der Waals surface area contributed by atoms with Gasteiger partial charge in [-0.05, 0) is 34.4 Å². The molecule has 0 radical (unpaired) electrons. The van der Waals surface area contributed by atoms with Gasteiger partial charge in [0.25, 0.3) is 0 Å². The highest BCUT2D eigenvalue weighted by Gasteiger charge is 2.28. The molecule has 4 heteroatoms. The molecule has 0 aliphatic carbocycles. The number of morpholine rings is 1. The lowest BCUT2D eigenvalue weighted by molar-refractivity contribution is -0.131. The number of amides is 1. The fourth-order valence-electron chi connectivity index (χ4n) is 2.63. The van der Waals surface area contributed by atoms with Gasteiger partial charge in [0.2, 0.25) is 5.91 Å². The quantitative estimate of drug-likeness (QED) is 0.938. The third kappa shape index (κ3) is 3.08. The summed E-state index contributed by atoms with van der Waals surface area (Å²) in [7, 11) is 0. The molecule has 2 atom stereocenters. The van der Waals surface area contributed by atoms with Crippen LogP contribution in [0.1, 0.15) is 17.0 Å². The molecule has 0 spiro atoms. The van der Waals surface area contributed by atoms with Crippen molar-refractivity contribution >= 4 is 17.2 Å². The number of hydrogen-bond acceptors (Lipinski definition) is 3. The van der Waals surface area contributed by atoms with Gasteiger partial charge in [-0.3, -0.25) is 4.79 Å². The molecule has 1 aliphatic rings. The molecule has 1 saturated heterocycles. The molecule has 104 valence electrons. The predicted octanol–water partition coefficient (Wildman–Crippen LogP) is 2.59. The molecular formula is C16H17NO2S. The zero-order chi connectivity index (χ0) is 13.8. The molecule has 3 rings (SSSR count). The Labute approximate surface area is 122 Å². The summed E-state index contributed by atoms with van der Waals surface area (Å²) in [5.74, 6) is 0.238. The third-order valence-electron chi connectivity index (χ3n) is 3.63. The van der Waals surface area contributed by atoms with Gasteiger partial charge in [0.1, 0.15) is 6.61 Å². The Morgan fingerprint density at radius 3 is 2.85 bits per heavy atom. The highest BCUT2D eigenvalue weighted by atomic mass is 32.1. The molecule has 1 aromatic carbocycles. The number of thiophene rings is 1. The van der Waals surface area contributed by atoms with Crippen LogP contribution in [0.5, 0.6) is 0 Å². The highest BCUT2D eigenvalue weighted by molar-refractivity contribution is 7.08. The van der Waals surface area contributed by atoms with E-state index in [1.807, 2.05) is 6.07 Å². The van der Waals surface area contributed by atoms with E-state index in [0.717, 1.165) is 6.42 Å². The average Bonchev–Trinajstić information content (AvgIpc) is 3.00. The second-order valence-electron chi connectivity index (χ2n) is 5.04. The van der Waals surface area contributed by atoms with Gasteiger partial charge >= 0.3 is 0 Å². The maximum atomic E-state index is 11.6. The maximum absolute atomic E-state index is 11.6. The van der Waals surface area contributed by atoms with E-state index in [0.29, 0.717) is 6.61 Å². The summed E-state index contributed by atoms with van der Waals surface area (Å²) in [6, 6.07) is 12.6. The Bertz CT molecular complexity index is 553. The van der Waals surface area contributed by atoms with E-state index in [4.69, 9.17) is 4.74 Å². The first kappa shape index (κ1) is 13.3. The molecule has 0 saturated carbocycles. The van der Waals surface area contributed by atoms with E-state index in [2.05, 4.69) is 46.4 Å². The summed E-state index contributed by atoms with van der Waals surface area (Å²) in [5.41, 5.74) is 2.55. The minimum absolute atomic E-state index is 0.0189. The lowest BCUT2D eigenvalue weighted by atomic mass is 9.87. The van der Waals surface area contributed by atoms with Crippen LogP contribution in [-0.2, 0) is 16.0 Å². The molecule has 1 aliphatic heterocycles. The zero-order valence-corrected chi connectivity index (χ0v) is 11.9. The van der Waals surface area contributed by atoms with Crippen LogP contribution in [-0.4, -0.2) is 25.2 Å². The normalized spacial score (nSPS) is 20.4. The fourth-order valence-corrected chi connectivity index (χ4v) is 3.36. The predicted molar refractivity (Wildman–Crippen MR) is 80.0 cm³/mol. The Morgan fingerprint density at radius 1 is 1.30 bits per heavy atom. The van der Waals surface area contributed by atoms with Crippen LogP contribution in [0.15, 0.2) is 47.2 Å². The summed E-state index contributed by atoms with van der Waals surface area (Å²) in [5, 5.41) is 7.31. The second kappa shape index (κ2) is 6.20. The second-order valence-corrected chi connectivity index (χ2v) is 5.82. The SMILES string of the molecule is O=C1COCC(C(Cc2ccccc2)c2ccsc2)N1. The Kier molecular flexibility index (Phi) is 4.14. The first-order chi connectivity index (χ1) is 9.83. The van der Waals surface area contributed by atoms with Gasteiger partial charge in [-0.15, -0.1) is 0 Å². The number of rotatable bonds is 4. The summed E-state index contributed by atoms with van der Waals surface area (Å²) in [6.45, 7) is 0.761. The number of hydrogen-bond donors (Lipinski definition) is 1. The molecule has 0 bridgehead atoms. The van der Waals surface area contributed by atoms with Crippen LogP contribution in [0.25, 0.3) is 0 Å². The minimum atomic E-state index is -0.0189. The molecule has 20 heavy (non-hydrogen) atoms. The van der Waals surface area contributed by atoms with Crippen molar-refractivity contribution in [2.75, 3.05) is 13.2 Å². The van der Waals surface area contributed by atoms with Crippen LogP contribution in [0.4, 0.5) is 0 Å². The summed E-state index contributed by atoms with van der Waals surface area (Å²) >= 11 is 1.69. The first-order valence-electron chi connectivity index (χ1n) is 6.76. The largest absolute Gasteiger partial charge is 0.369 e. The summed E-state index contributed by atoms with van der Waals surface area (Å²) < 4.78 is 5.40. The van der Waals surface area contributed by atoms with Crippen molar-refractivity contribution in [1.82, 2.24) is 5.32 Å². The number of nitrogens with one attached hydrogen (secondary N) is 1. The van der Waals surface area contributed by atoms with Crippen molar-refractivity contribution in [3.05, 3.63) is 58.3 Å². The zero-order valence-electron chi connectivity index (χ0n) is 11.1.